The molecule has 5 heteroatoms. The van der Waals surface area contributed by atoms with Gasteiger partial charge in [-0.2, -0.15) is 0 Å². The Morgan fingerprint density at radius 1 is 1.16 bits per heavy atom. The van der Waals surface area contributed by atoms with Gasteiger partial charge in [0, 0.05) is 19.1 Å². The van der Waals surface area contributed by atoms with Crippen LogP contribution in [0.5, 0.6) is 0 Å². The molecule has 0 aromatic carbocycles. The molecule has 112 valence electrons. The first kappa shape index (κ1) is 17.9. The lowest BCUT2D eigenvalue weighted by molar-refractivity contribution is -0.138. The Labute approximate surface area is 116 Å². The predicted octanol–water partition coefficient (Wildman–Crippen LogP) is 1.72. The average molecular weight is 272 g/mol. The smallest absolute Gasteiger partial charge is 0.304 e. The fraction of sp³-hybridized carbons (Fsp3) is 0.857. The van der Waals surface area contributed by atoms with Gasteiger partial charge in [-0.25, -0.2) is 0 Å². The molecule has 0 bridgehead atoms. The summed E-state index contributed by atoms with van der Waals surface area (Å²) in [6, 6.07) is -0.156. The average Bonchev–Trinajstić information content (AvgIpc) is 2.27. The van der Waals surface area contributed by atoms with E-state index in [9.17, 15) is 9.59 Å². The van der Waals surface area contributed by atoms with E-state index in [2.05, 4.69) is 19.2 Å². The Morgan fingerprint density at radius 3 is 2.16 bits per heavy atom. The monoisotopic (exact) mass is 272 g/mol. The van der Waals surface area contributed by atoms with Gasteiger partial charge in [0.15, 0.2) is 0 Å². The number of hydrogen-bond acceptors (Lipinski definition) is 3. The summed E-state index contributed by atoms with van der Waals surface area (Å²) in [4.78, 5) is 24.6. The standard InChI is InChI=1S/C14H28N2O3/c1-10(2)6-8-15-14(19)12(5)16(11(3)4)9-7-13(17)18/h10-12H,6-9H2,1-5H3,(H,15,19)(H,17,18). The Hall–Kier alpha value is -1.10. The SMILES string of the molecule is CC(C)CCNC(=O)C(C)N(CCC(=O)O)C(C)C. The van der Waals surface area contributed by atoms with Crippen molar-refractivity contribution in [3.63, 3.8) is 0 Å². The van der Waals surface area contributed by atoms with Crippen molar-refractivity contribution in [1.29, 1.82) is 0 Å². The summed E-state index contributed by atoms with van der Waals surface area (Å²) in [5, 5.41) is 11.6. The van der Waals surface area contributed by atoms with Gasteiger partial charge in [-0.05, 0) is 33.1 Å². The van der Waals surface area contributed by atoms with Crippen molar-refractivity contribution in [2.24, 2.45) is 5.92 Å². The number of carboxylic acid groups (broad SMARTS) is 1. The van der Waals surface area contributed by atoms with Crippen molar-refractivity contribution in [1.82, 2.24) is 10.2 Å². The molecule has 0 aliphatic heterocycles. The third-order valence-corrected chi connectivity index (χ3v) is 3.14. The summed E-state index contributed by atoms with van der Waals surface area (Å²) in [5.41, 5.74) is 0. The summed E-state index contributed by atoms with van der Waals surface area (Å²) in [5.74, 6) is -0.304. The van der Waals surface area contributed by atoms with E-state index in [0.717, 1.165) is 6.42 Å². The highest BCUT2D eigenvalue weighted by atomic mass is 16.4. The number of amides is 1. The second-order valence-corrected chi connectivity index (χ2v) is 5.62. The maximum Gasteiger partial charge on any atom is 0.304 e. The first-order valence-electron chi connectivity index (χ1n) is 7.01. The summed E-state index contributed by atoms with van der Waals surface area (Å²) in [7, 11) is 0. The summed E-state index contributed by atoms with van der Waals surface area (Å²) in [6.45, 7) is 11.1. The van der Waals surface area contributed by atoms with E-state index in [4.69, 9.17) is 5.11 Å². The number of carbonyl (C=O) groups excluding carboxylic acids is 1. The molecule has 2 N–H and O–H groups in total. The Balaban J connectivity index is 4.32. The molecule has 19 heavy (non-hydrogen) atoms. The lowest BCUT2D eigenvalue weighted by Crippen LogP contribution is -2.49. The van der Waals surface area contributed by atoms with Crippen molar-refractivity contribution in [3.8, 4) is 0 Å². The molecule has 0 rings (SSSR count). The van der Waals surface area contributed by atoms with Gasteiger partial charge in [-0.3, -0.25) is 14.5 Å². The van der Waals surface area contributed by atoms with Crippen LogP contribution in [0.4, 0.5) is 0 Å². The number of aliphatic carboxylic acids is 1. The van der Waals surface area contributed by atoms with Crippen LogP contribution in [0.25, 0.3) is 0 Å². The molecule has 0 aromatic rings. The van der Waals surface area contributed by atoms with Crippen molar-refractivity contribution in [2.45, 2.75) is 59.5 Å². The molecule has 0 aromatic heterocycles. The maximum atomic E-state index is 12.0. The topological polar surface area (TPSA) is 69.6 Å². The molecule has 5 nitrogen and oxygen atoms in total. The minimum absolute atomic E-state index is 0.0280. The van der Waals surface area contributed by atoms with Crippen LogP contribution in [-0.4, -0.2) is 47.1 Å². The van der Waals surface area contributed by atoms with Crippen LogP contribution in [-0.2, 0) is 9.59 Å². The third kappa shape index (κ3) is 7.82. The Kier molecular flexibility index (Phi) is 8.39. The van der Waals surface area contributed by atoms with E-state index < -0.39 is 5.97 Å². The van der Waals surface area contributed by atoms with Crippen LogP contribution in [0.15, 0.2) is 0 Å². The summed E-state index contributed by atoms with van der Waals surface area (Å²) in [6.07, 6.45) is 1.01. The molecule has 1 atom stereocenters. The molecule has 0 radical (unpaired) electrons. The molecule has 0 saturated carbocycles. The highest BCUT2D eigenvalue weighted by molar-refractivity contribution is 5.81. The zero-order valence-corrected chi connectivity index (χ0v) is 12.8. The van der Waals surface area contributed by atoms with E-state index >= 15 is 0 Å². The molecule has 0 aliphatic rings. The first-order valence-corrected chi connectivity index (χ1v) is 7.01. The summed E-state index contributed by atoms with van der Waals surface area (Å²) >= 11 is 0. The molecule has 0 saturated heterocycles. The second kappa shape index (κ2) is 8.91. The lowest BCUT2D eigenvalue weighted by Gasteiger charge is -2.31. The fourth-order valence-corrected chi connectivity index (χ4v) is 1.91. The van der Waals surface area contributed by atoms with Crippen molar-refractivity contribution >= 4 is 11.9 Å². The highest BCUT2D eigenvalue weighted by Crippen LogP contribution is 2.07. The predicted molar refractivity (Wildman–Crippen MR) is 76.0 cm³/mol. The van der Waals surface area contributed by atoms with Crippen LogP contribution in [0.2, 0.25) is 0 Å². The van der Waals surface area contributed by atoms with E-state index in [1.807, 2.05) is 25.7 Å². The van der Waals surface area contributed by atoms with Gasteiger partial charge >= 0.3 is 5.97 Å². The van der Waals surface area contributed by atoms with Gasteiger partial charge in [0.05, 0.1) is 12.5 Å². The van der Waals surface area contributed by atoms with Crippen LogP contribution in [0, 0.1) is 5.92 Å². The van der Waals surface area contributed by atoms with E-state index in [-0.39, 0.29) is 24.4 Å². The van der Waals surface area contributed by atoms with Crippen LogP contribution < -0.4 is 5.32 Å². The summed E-state index contributed by atoms with van der Waals surface area (Å²) < 4.78 is 0. The lowest BCUT2D eigenvalue weighted by atomic mass is 10.1. The van der Waals surface area contributed by atoms with Gasteiger partial charge in [0.1, 0.15) is 0 Å². The van der Waals surface area contributed by atoms with Gasteiger partial charge in [0.2, 0.25) is 5.91 Å². The first-order chi connectivity index (χ1) is 8.75. The Morgan fingerprint density at radius 2 is 1.74 bits per heavy atom. The van der Waals surface area contributed by atoms with E-state index in [1.165, 1.54) is 0 Å². The van der Waals surface area contributed by atoms with Crippen LogP contribution in [0.1, 0.15) is 47.5 Å². The molecular weight excluding hydrogens is 244 g/mol. The van der Waals surface area contributed by atoms with Crippen molar-refractivity contribution in [2.75, 3.05) is 13.1 Å². The number of rotatable bonds is 9. The number of hydrogen-bond donors (Lipinski definition) is 2. The molecule has 1 amide bonds. The van der Waals surface area contributed by atoms with Gasteiger partial charge in [0.25, 0.3) is 0 Å². The largest absolute Gasteiger partial charge is 0.481 e. The number of carboxylic acids is 1. The van der Waals surface area contributed by atoms with Gasteiger partial charge in [-0.15, -0.1) is 0 Å². The van der Waals surface area contributed by atoms with Crippen LogP contribution >= 0.6 is 0 Å². The highest BCUT2D eigenvalue weighted by Gasteiger charge is 2.23. The minimum Gasteiger partial charge on any atom is -0.481 e. The molecule has 0 spiro atoms. The second-order valence-electron chi connectivity index (χ2n) is 5.62. The van der Waals surface area contributed by atoms with E-state index in [0.29, 0.717) is 19.0 Å². The van der Waals surface area contributed by atoms with Crippen molar-refractivity contribution < 1.29 is 14.7 Å². The zero-order chi connectivity index (χ0) is 15.0. The molecule has 0 heterocycles. The van der Waals surface area contributed by atoms with E-state index in [1.54, 1.807) is 0 Å². The van der Waals surface area contributed by atoms with Gasteiger partial charge < -0.3 is 10.4 Å². The minimum atomic E-state index is -0.835. The number of nitrogens with one attached hydrogen (secondary N) is 1. The molecular formula is C14H28N2O3. The zero-order valence-electron chi connectivity index (χ0n) is 12.8. The number of nitrogens with zero attached hydrogens (tertiary/aromatic N) is 1. The Bertz CT molecular complexity index is 290. The third-order valence-electron chi connectivity index (χ3n) is 3.14. The maximum absolute atomic E-state index is 12.0. The fourth-order valence-electron chi connectivity index (χ4n) is 1.91. The molecule has 0 fully saturated rings. The van der Waals surface area contributed by atoms with Crippen LogP contribution in [0.3, 0.4) is 0 Å². The number of carbonyl (C=O) groups is 2. The molecule has 1 unspecified atom stereocenters. The van der Waals surface area contributed by atoms with Crippen molar-refractivity contribution in [3.05, 3.63) is 0 Å². The van der Waals surface area contributed by atoms with Gasteiger partial charge in [-0.1, -0.05) is 13.8 Å². The quantitative estimate of drug-likeness (QED) is 0.670. The molecule has 0 aliphatic carbocycles. The normalized spacial score (nSPS) is 13.1.